The first-order chi connectivity index (χ1) is 67.7. The van der Waals surface area contributed by atoms with Crippen molar-refractivity contribution >= 4 is 76.4 Å². The standard InChI is InChI=1S/C32H28N3O4.C28H26F3N5O4.C23H25N3O6.C19H18N2O5.CH2O2/c36-25-11-12-29(30(37)18-25)35-20-27-26(32(35)38)4-3-6-31(27)39-21-23-9-7-22(8-10-23)19-34-16-13-24(14-17-34)28-5-1-2-15-33-28;29-28(30,31)27-33-32-25-15-34(10-11-35(25)27)13-17-4-6-18(7-5-17)16-40-24-3-1-2-20-21(24)14-36(26(20)39)22-9-8-19(37)12-23(22)38;27-16-4-5-20(21(28)11-16)26-13-19-18(23(26)29)2-1-3-22(19)31-14-15-10-17(32-24-15)12-25-6-8-30-9-7-25;1-11-7-13(26-20-11)10-25-18-4-2-3-14-15(18)9-21(19(14)24)16-6-5-12(22)8-17(16)23;2-1-3/h1-10,13-17,29H,11-12,18-21H2;1-7,22H,8-16H2;1-3,10,20H,4-9,11-14H2;2-4,7,16H,5-6,8-10H2,1H3;1H,(H,2,3)/q+1;;;;/p-1. The molecule has 4 atom stereocenters. The van der Waals surface area contributed by atoms with Crippen molar-refractivity contribution in [3.63, 3.8) is 0 Å². The highest BCUT2D eigenvalue weighted by atomic mass is 19.4. The van der Waals surface area contributed by atoms with Crippen molar-refractivity contribution in [1.29, 1.82) is 0 Å². The van der Waals surface area contributed by atoms with Crippen molar-refractivity contribution in [1.82, 2.24) is 59.5 Å². The number of aromatic nitrogens is 7. The van der Waals surface area contributed by atoms with E-state index < -0.39 is 42.6 Å². The van der Waals surface area contributed by atoms with E-state index in [0.717, 1.165) is 99.1 Å². The number of benzene rings is 6. The second-order valence-corrected chi connectivity index (χ2v) is 35.6. The summed E-state index contributed by atoms with van der Waals surface area (Å²) in [6.07, 6.45) is 3.85. The molecule has 4 aliphatic carbocycles. The van der Waals surface area contributed by atoms with E-state index in [1.165, 1.54) is 5.56 Å². The zero-order valence-electron chi connectivity index (χ0n) is 76.4. The minimum Gasteiger partial charge on any atom is -0.554 e. The first kappa shape index (κ1) is 96.4. The first-order valence-corrected chi connectivity index (χ1v) is 46.2. The zero-order valence-corrected chi connectivity index (χ0v) is 76.4. The molecule has 10 aliphatic rings. The highest BCUT2D eigenvalue weighted by Gasteiger charge is 2.46. The largest absolute Gasteiger partial charge is 0.554 e. The van der Waals surface area contributed by atoms with Gasteiger partial charge < -0.3 is 66.8 Å². The van der Waals surface area contributed by atoms with Gasteiger partial charge in [0.05, 0.1) is 114 Å². The van der Waals surface area contributed by atoms with Crippen LogP contribution in [0.1, 0.15) is 198 Å². The van der Waals surface area contributed by atoms with Crippen LogP contribution in [0.4, 0.5) is 13.2 Å². The number of halogens is 3. The molecule has 4 unspecified atom stereocenters. The number of pyridine rings is 2. The van der Waals surface area contributed by atoms with E-state index in [2.05, 4.69) is 83.8 Å². The van der Waals surface area contributed by atoms with Crippen LogP contribution in [0.25, 0.3) is 11.3 Å². The van der Waals surface area contributed by atoms with Gasteiger partial charge in [-0.15, -0.1) is 10.2 Å². The number of carboxylic acid groups (broad SMARTS) is 1. The molecule has 0 radical (unpaired) electrons. The molecule has 140 heavy (non-hydrogen) atoms. The molecule has 4 amide bonds. The molecule has 5 fully saturated rings. The van der Waals surface area contributed by atoms with Crippen LogP contribution in [0.5, 0.6) is 23.0 Å². The van der Waals surface area contributed by atoms with Crippen molar-refractivity contribution < 1.29 is 118 Å². The Bertz CT molecular complexity index is 6560. The van der Waals surface area contributed by atoms with Crippen LogP contribution in [0.3, 0.4) is 0 Å². The second kappa shape index (κ2) is 43.2. The fraction of sp³-hybridized carbons (Fsp3) is 0.350. The third-order valence-corrected chi connectivity index (χ3v) is 26.1. The molecule has 722 valence electrons. The maximum atomic E-state index is 13.1. The number of Topliss-reactive ketones (excluding diaryl/α,β-unsaturated/α-hetero) is 8. The summed E-state index contributed by atoms with van der Waals surface area (Å²) in [6.45, 7) is 9.68. The van der Waals surface area contributed by atoms with E-state index in [0.29, 0.717) is 160 Å². The van der Waals surface area contributed by atoms with Crippen molar-refractivity contribution in [3.05, 3.63) is 284 Å². The summed E-state index contributed by atoms with van der Waals surface area (Å²) in [6, 6.07) is 48.9. The van der Waals surface area contributed by atoms with Crippen LogP contribution in [0, 0.1) is 6.92 Å². The van der Waals surface area contributed by atoms with Gasteiger partial charge in [-0.05, 0) is 110 Å². The van der Waals surface area contributed by atoms with E-state index in [1.807, 2.05) is 72.5 Å². The number of carbonyl (C=O) groups excluding carboxylic acids is 13. The fourth-order valence-corrected chi connectivity index (χ4v) is 19.0. The molecule has 0 N–H and O–H groups in total. The number of aryl methyl sites for hydroxylation is 1. The Balaban J connectivity index is 0.000000129. The van der Waals surface area contributed by atoms with Crippen LogP contribution in [0.15, 0.2) is 191 Å². The minimum atomic E-state index is -4.52. The van der Waals surface area contributed by atoms with Crippen LogP contribution in [-0.2, 0) is 139 Å². The number of ketones is 8. The average Bonchev–Trinajstić information content (AvgIpc) is 1.63. The lowest BCUT2D eigenvalue weighted by Gasteiger charge is -2.29. The number of alkyl halides is 3. The second-order valence-electron chi connectivity index (χ2n) is 35.6. The molecule has 34 nitrogen and oxygen atoms in total. The van der Waals surface area contributed by atoms with Gasteiger partial charge in [0.2, 0.25) is 5.82 Å². The summed E-state index contributed by atoms with van der Waals surface area (Å²) in [5, 5.41) is 23.2. The molecular formula is C103H98F3N13O21. The third kappa shape index (κ3) is 22.4. The summed E-state index contributed by atoms with van der Waals surface area (Å²) < 4.78 is 82.5. The zero-order chi connectivity index (χ0) is 97.8. The van der Waals surface area contributed by atoms with Crippen molar-refractivity contribution in [2.75, 3.05) is 32.8 Å². The lowest BCUT2D eigenvalue weighted by atomic mass is 9.92. The highest BCUT2D eigenvalue weighted by molar-refractivity contribution is 6.11. The fourth-order valence-electron chi connectivity index (χ4n) is 19.0. The maximum Gasteiger partial charge on any atom is 0.451 e. The van der Waals surface area contributed by atoms with Gasteiger partial charge in [0.15, 0.2) is 53.6 Å². The minimum absolute atomic E-state index is 0.0486. The monoisotopic (exact) mass is 1910 g/mol. The number of hydrogen-bond acceptors (Lipinski definition) is 28. The summed E-state index contributed by atoms with van der Waals surface area (Å²) in [5.41, 5.74) is 12.8. The molecule has 0 spiro atoms. The van der Waals surface area contributed by atoms with E-state index in [1.54, 1.807) is 92.5 Å². The Morgan fingerprint density at radius 3 is 1.28 bits per heavy atom. The topological polar surface area (TPSA) is 410 Å². The molecule has 21 rings (SSSR count). The Morgan fingerprint density at radius 1 is 0.443 bits per heavy atom. The Hall–Kier alpha value is -15.2. The number of nitrogens with zero attached hydrogens (tertiary/aromatic N) is 13. The highest BCUT2D eigenvalue weighted by Crippen LogP contribution is 2.41. The third-order valence-electron chi connectivity index (χ3n) is 26.1. The normalized spacial score (nSPS) is 19.1. The van der Waals surface area contributed by atoms with Gasteiger partial charge >= 0.3 is 6.18 Å². The average molecular weight is 1910 g/mol. The molecule has 5 aromatic heterocycles. The van der Waals surface area contributed by atoms with Crippen molar-refractivity contribution in [2.24, 2.45) is 0 Å². The summed E-state index contributed by atoms with van der Waals surface area (Å²) in [5.74, 6) is 1.39. The van der Waals surface area contributed by atoms with Gasteiger partial charge in [-0.2, -0.15) is 13.2 Å². The molecular weight excluding hydrogens is 1810 g/mol. The number of ether oxygens (including phenoxy) is 5. The van der Waals surface area contributed by atoms with Gasteiger partial charge in [0, 0.05) is 151 Å². The summed E-state index contributed by atoms with van der Waals surface area (Å²) in [4.78, 5) is 171. The predicted molar refractivity (Wildman–Crippen MR) is 484 cm³/mol. The van der Waals surface area contributed by atoms with E-state index in [9.17, 15) is 70.7 Å². The number of morpholine rings is 1. The summed E-state index contributed by atoms with van der Waals surface area (Å²) >= 11 is 0. The van der Waals surface area contributed by atoms with Crippen LogP contribution >= 0.6 is 0 Å². The molecule has 4 saturated carbocycles. The van der Waals surface area contributed by atoms with Gasteiger partial charge in [-0.25, -0.2) is 4.57 Å². The van der Waals surface area contributed by atoms with E-state index >= 15 is 0 Å². The number of hydrogen-bond donors (Lipinski definition) is 0. The molecule has 0 bridgehead atoms. The molecule has 37 heteroatoms. The quantitative estimate of drug-likeness (QED) is 0.0326. The van der Waals surface area contributed by atoms with Crippen molar-refractivity contribution in [2.45, 2.75) is 200 Å². The lowest BCUT2D eigenvalue weighted by molar-refractivity contribution is -0.688. The molecule has 11 aromatic rings. The van der Waals surface area contributed by atoms with Gasteiger partial charge in [0.1, 0.15) is 84.1 Å². The van der Waals surface area contributed by atoms with Gasteiger partial charge in [-0.3, -0.25) is 72.3 Å². The molecule has 6 aliphatic heterocycles. The predicted octanol–water partition coefficient (Wildman–Crippen LogP) is 10.2. The van der Waals surface area contributed by atoms with E-state index in [4.69, 9.17) is 42.6 Å². The SMILES string of the molecule is Cc1cc(COc2cccc3c2CN(C2CCC(=O)CC2=O)C3=O)on1.O=C1CCC(N2Cc3c(OCc4cc(CN5CCOCC5)on4)cccc3C2=O)C(=O)C1.O=C1CCC(N2Cc3c(OCc4ccc(CN5CCn6c(nnc6C(F)(F)F)C5)cc4)cccc3C2=O)C(=O)C1.O=C1CCC(N2Cc3c(OCc4ccc(C[n+]5ccc(-c6ccccn6)cc5)cc4)cccc3C2=O)C(=O)C1.O=C[O-]. The molecule has 1 saturated heterocycles. The van der Waals surface area contributed by atoms with Crippen LogP contribution in [0.2, 0.25) is 0 Å². The van der Waals surface area contributed by atoms with Crippen LogP contribution in [-0.4, -0.2) is 193 Å². The number of rotatable bonds is 23. The summed E-state index contributed by atoms with van der Waals surface area (Å²) in [7, 11) is 0. The van der Waals surface area contributed by atoms with E-state index in [-0.39, 0.29) is 135 Å². The Morgan fingerprint density at radius 2 is 0.864 bits per heavy atom. The van der Waals surface area contributed by atoms with Gasteiger partial charge in [-0.1, -0.05) is 89.2 Å². The Labute approximate surface area is 800 Å². The smallest absolute Gasteiger partial charge is 0.451 e. The number of carbonyl (C=O) groups is 13. The first-order valence-electron chi connectivity index (χ1n) is 46.2. The molecule has 11 heterocycles. The molecule has 6 aromatic carbocycles. The lowest BCUT2D eigenvalue weighted by Crippen LogP contribution is -2.44. The van der Waals surface area contributed by atoms with Gasteiger partial charge in [0.25, 0.3) is 23.6 Å². The number of fused-ring (bicyclic) bond motifs is 5. The Kier molecular flexibility index (Phi) is 29.8. The van der Waals surface area contributed by atoms with Crippen molar-refractivity contribution in [3.8, 4) is 34.3 Å². The number of amides is 4. The maximum absolute atomic E-state index is 13.1. The van der Waals surface area contributed by atoms with Crippen LogP contribution < -0.4 is 28.6 Å².